The zero-order chi connectivity index (χ0) is 17.9. The second-order valence-electron chi connectivity index (χ2n) is 6.88. The van der Waals surface area contributed by atoms with Gasteiger partial charge in [0, 0.05) is 20.1 Å². The number of β-amino-alcohol motifs (C(OH)–C–C–N with tert-alkyl or cyclic N) is 1. The number of piperidine rings is 1. The van der Waals surface area contributed by atoms with Gasteiger partial charge in [-0.05, 0) is 37.4 Å². The van der Waals surface area contributed by atoms with Crippen molar-refractivity contribution >= 4 is 5.91 Å². The highest BCUT2D eigenvalue weighted by atomic mass is 16.3. The second kappa shape index (κ2) is 7.33. The number of aromatic nitrogens is 3. The summed E-state index contributed by atoms with van der Waals surface area (Å²) in [4.78, 5) is 16.3. The van der Waals surface area contributed by atoms with Crippen LogP contribution >= 0.6 is 0 Å². The molecular formula is C18H25N5O2. The van der Waals surface area contributed by atoms with Crippen LogP contribution in [0.5, 0.6) is 0 Å². The number of carbonyl (C=O) groups excluding carboxylic acids is 1. The van der Waals surface area contributed by atoms with Crippen molar-refractivity contribution < 1.29 is 9.90 Å². The Bertz CT molecular complexity index is 718. The maximum absolute atomic E-state index is 12.6. The van der Waals surface area contributed by atoms with Crippen LogP contribution in [0.1, 0.15) is 29.7 Å². The maximum atomic E-state index is 12.6. The minimum Gasteiger partial charge on any atom is -0.382 e. The molecular weight excluding hydrogens is 318 g/mol. The summed E-state index contributed by atoms with van der Waals surface area (Å²) in [6.07, 6.45) is 3.00. The lowest BCUT2D eigenvalue weighted by Gasteiger charge is -2.38. The Morgan fingerprint density at radius 1 is 1.44 bits per heavy atom. The Hall–Kier alpha value is -2.25. The third-order valence-corrected chi connectivity index (χ3v) is 4.90. The van der Waals surface area contributed by atoms with Crippen molar-refractivity contribution in [3.8, 4) is 0 Å². The molecule has 2 aromatic rings. The van der Waals surface area contributed by atoms with Crippen molar-refractivity contribution in [3.63, 3.8) is 0 Å². The van der Waals surface area contributed by atoms with Crippen LogP contribution < -0.4 is 0 Å². The van der Waals surface area contributed by atoms with Gasteiger partial charge in [-0.3, -0.25) is 9.69 Å². The molecule has 7 nitrogen and oxygen atoms in total. The smallest absolute Gasteiger partial charge is 0.236 e. The van der Waals surface area contributed by atoms with Gasteiger partial charge in [-0.2, -0.15) is 15.4 Å². The van der Waals surface area contributed by atoms with Crippen LogP contribution in [-0.4, -0.2) is 62.9 Å². The third kappa shape index (κ3) is 4.05. The number of hydrogen-bond acceptors (Lipinski definition) is 5. The summed E-state index contributed by atoms with van der Waals surface area (Å²) < 4.78 is 0. The maximum Gasteiger partial charge on any atom is 0.236 e. The van der Waals surface area contributed by atoms with Crippen molar-refractivity contribution in [1.82, 2.24) is 25.2 Å². The van der Waals surface area contributed by atoms with Gasteiger partial charge < -0.3 is 10.0 Å². The summed E-state index contributed by atoms with van der Waals surface area (Å²) in [5.41, 5.74) is 1.83. The Morgan fingerprint density at radius 2 is 2.24 bits per heavy atom. The van der Waals surface area contributed by atoms with Crippen molar-refractivity contribution in [3.05, 3.63) is 47.3 Å². The third-order valence-electron chi connectivity index (χ3n) is 4.90. The largest absolute Gasteiger partial charge is 0.382 e. The number of aromatic amines is 1. The Morgan fingerprint density at radius 3 is 2.96 bits per heavy atom. The summed E-state index contributed by atoms with van der Waals surface area (Å²) in [6, 6.07) is 8.09. The molecule has 0 spiro atoms. The van der Waals surface area contributed by atoms with Gasteiger partial charge in [0.2, 0.25) is 5.91 Å². The lowest BCUT2D eigenvalue weighted by Crippen LogP contribution is -2.49. The molecule has 1 aliphatic rings. The quantitative estimate of drug-likeness (QED) is 0.848. The van der Waals surface area contributed by atoms with Crippen LogP contribution in [0.4, 0.5) is 0 Å². The van der Waals surface area contributed by atoms with Crippen LogP contribution in [0.2, 0.25) is 0 Å². The standard InChI is InChI=1S/C18H25N5O2/c1-14-6-3-4-7-15(14)11-22(2)17(24)12-23-9-5-8-18(25,13-23)16-10-19-21-20-16/h3-4,6-7,10,25H,5,8-9,11-13H2,1-2H3,(H,19,20,21)/t18-/m1/s1. The van der Waals surface area contributed by atoms with E-state index in [4.69, 9.17) is 0 Å². The van der Waals surface area contributed by atoms with Gasteiger partial charge in [-0.15, -0.1) is 0 Å². The zero-order valence-electron chi connectivity index (χ0n) is 14.8. The first-order valence-corrected chi connectivity index (χ1v) is 8.57. The molecule has 1 amide bonds. The number of hydrogen-bond donors (Lipinski definition) is 2. The summed E-state index contributed by atoms with van der Waals surface area (Å²) in [7, 11) is 1.82. The predicted octanol–water partition coefficient (Wildman–Crippen LogP) is 1.06. The van der Waals surface area contributed by atoms with E-state index in [1.54, 1.807) is 11.1 Å². The number of likely N-dealkylation sites (tertiary alicyclic amines) is 1. The van der Waals surface area contributed by atoms with Crippen molar-refractivity contribution in [2.24, 2.45) is 0 Å². The molecule has 0 saturated carbocycles. The van der Waals surface area contributed by atoms with E-state index in [9.17, 15) is 9.90 Å². The molecule has 0 aliphatic carbocycles. The minimum absolute atomic E-state index is 0.0488. The van der Waals surface area contributed by atoms with Crippen LogP contribution in [0.25, 0.3) is 0 Å². The van der Waals surface area contributed by atoms with Gasteiger partial charge in [0.1, 0.15) is 11.3 Å². The normalized spacial score (nSPS) is 21.2. The predicted molar refractivity (Wildman–Crippen MR) is 93.6 cm³/mol. The molecule has 7 heteroatoms. The van der Waals surface area contributed by atoms with E-state index in [2.05, 4.69) is 28.4 Å². The minimum atomic E-state index is -1.04. The molecule has 1 atom stereocenters. The van der Waals surface area contributed by atoms with E-state index in [1.165, 1.54) is 5.56 Å². The molecule has 134 valence electrons. The fraction of sp³-hybridized carbons (Fsp3) is 0.500. The highest BCUT2D eigenvalue weighted by Crippen LogP contribution is 2.29. The monoisotopic (exact) mass is 343 g/mol. The van der Waals surface area contributed by atoms with E-state index >= 15 is 0 Å². The molecule has 0 bridgehead atoms. The van der Waals surface area contributed by atoms with Gasteiger partial charge in [0.25, 0.3) is 0 Å². The summed E-state index contributed by atoms with van der Waals surface area (Å²) >= 11 is 0. The van der Waals surface area contributed by atoms with Gasteiger partial charge in [0.15, 0.2) is 0 Å². The fourth-order valence-corrected chi connectivity index (χ4v) is 3.34. The van der Waals surface area contributed by atoms with Gasteiger partial charge in [0.05, 0.1) is 12.7 Å². The number of benzene rings is 1. The Kier molecular flexibility index (Phi) is 5.15. The molecule has 1 saturated heterocycles. The lowest BCUT2D eigenvalue weighted by molar-refractivity contribution is -0.133. The number of likely N-dealkylation sites (N-methyl/N-ethyl adjacent to an activating group) is 1. The summed E-state index contributed by atoms with van der Waals surface area (Å²) in [5, 5.41) is 21.2. The molecule has 25 heavy (non-hydrogen) atoms. The highest BCUT2D eigenvalue weighted by molar-refractivity contribution is 5.78. The topological polar surface area (TPSA) is 85.4 Å². The SMILES string of the molecule is Cc1ccccc1CN(C)C(=O)CN1CCC[C@](O)(c2cn[nH]n2)C1. The number of aryl methyl sites for hydroxylation is 1. The zero-order valence-corrected chi connectivity index (χ0v) is 14.8. The van der Waals surface area contributed by atoms with E-state index in [-0.39, 0.29) is 5.91 Å². The molecule has 2 heterocycles. The summed E-state index contributed by atoms with van der Waals surface area (Å²) in [6.45, 7) is 4.12. The number of aliphatic hydroxyl groups is 1. The Labute approximate surface area is 147 Å². The van der Waals surface area contributed by atoms with Crippen molar-refractivity contribution in [1.29, 1.82) is 0 Å². The average molecular weight is 343 g/mol. The molecule has 1 fully saturated rings. The van der Waals surface area contributed by atoms with Crippen molar-refractivity contribution in [2.75, 3.05) is 26.7 Å². The number of amides is 1. The van der Waals surface area contributed by atoms with E-state index < -0.39 is 5.60 Å². The first-order chi connectivity index (χ1) is 12.0. The number of carbonyl (C=O) groups is 1. The first kappa shape index (κ1) is 17.6. The number of nitrogens with zero attached hydrogens (tertiary/aromatic N) is 4. The molecule has 0 unspecified atom stereocenters. The van der Waals surface area contributed by atoms with E-state index in [0.717, 1.165) is 18.5 Å². The van der Waals surface area contributed by atoms with Crippen molar-refractivity contribution in [2.45, 2.75) is 31.9 Å². The molecule has 3 rings (SSSR count). The first-order valence-electron chi connectivity index (χ1n) is 8.57. The lowest BCUT2D eigenvalue weighted by atomic mass is 9.90. The van der Waals surface area contributed by atoms with Crippen LogP contribution in [-0.2, 0) is 16.9 Å². The molecule has 1 aliphatic heterocycles. The summed E-state index contributed by atoms with van der Waals surface area (Å²) in [5.74, 6) is 0.0488. The van der Waals surface area contributed by atoms with Gasteiger partial charge >= 0.3 is 0 Å². The number of nitrogens with one attached hydrogen (secondary N) is 1. The van der Waals surface area contributed by atoms with Crippen LogP contribution in [0.3, 0.4) is 0 Å². The molecule has 0 radical (unpaired) electrons. The number of H-pyrrole nitrogens is 1. The average Bonchev–Trinajstić information content (AvgIpc) is 3.12. The fourth-order valence-electron chi connectivity index (χ4n) is 3.34. The molecule has 2 N–H and O–H groups in total. The van der Waals surface area contributed by atoms with Gasteiger partial charge in [-0.25, -0.2) is 0 Å². The Balaban J connectivity index is 1.59. The van der Waals surface area contributed by atoms with Crippen LogP contribution in [0.15, 0.2) is 30.5 Å². The van der Waals surface area contributed by atoms with E-state index in [1.807, 2.05) is 30.1 Å². The van der Waals surface area contributed by atoms with Gasteiger partial charge in [-0.1, -0.05) is 24.3 Å². The van der Waals surface area contributed by atoms with Crippen LogP contribution in [0, 0.1) is 6.92 Å². The second-order valence-corrected chi connectivity index (χ2v) is 6.88. The molecule has 1 aromatic carbocycles. The number of rotatable bonds is 5. The van der Waals surface area contributed by atoms with E-state index in [0.29, 0.717) is 31.7 Å². The highest BCUT2D eigenvalue weighted by Gasteiger charge is 2.37. The molecule has 1 aromatic heterocycles.